The van der Waals surface area contributed by atoms with E-state index in [4.69, 9.17) is 30.7 Å². The molecular weight excluding hydrogens is 574 g/mol. The van der Waals surface area contributed by atoms with Gasteiger partial charge in [-0.25, -0.2) is 29.4 Å². The fraction of sp³-hybridized carbons (Fsp3) is 0.258. The molecule has 1 atom stereocenters. The maximum atomic E-state index is 13.3. The predicted octanol–water partition coefficient (Wildman–Crippen LogP) is 2.56. The van der Waals surface area contributed by atoms with Crippen LogP contribution in [-0.4, -0.2) is 47.1 Å². The van der Waals surface area contributed by atoms with Crippen LogP contribution in [0.15, 0.2) is 78.9 Å². The van der Waals surface area contributed by atoms with E-state index < -0.39 is 47.1 Å². The largest absolute Gasteiger partial charge is 0.444 e. The molecule has 0 bridgehead atoms. The number of hydrazine groups is 1. The van der Waals surface area contributed by atoms with E-state index in [2.05, 4.69) is 10.3 Å². The highest BCUT2D eigenvalue weighted by atomic mass is 16.7. The van der Waals surface area contributed by atoms with Gasteiger partial charge in [0.1, 0.15) is 6.04 Å². The minimum absolute atomic E-state index is 0.0715. The smallest absolute Gasteiger partial charge is 0.355 e. The molecular formula is C31H33N3O10. The van der Waals surface area contributed by atoms with Crippen LogP contribution >= 0.6 is 0 Å². The summed E-state index contributed by atoms with van der Waals surface area (Å²) in [5.74, 6) is 5.50. The minimum atomic E-state index is -1.79. The van der Waals surface area contributed by atoms with Gasteiger partial charge in [-0.05, 0) is 76.1 Å². The summed E-state index contributed by atoms with van der Waals surface area (Å²) in [5.41, 5.74) is -0.474. The van der Waals surface area contributed by atoms with Crippen LogP contribution in [0.4, 0.5) is 0 Å². The van der Waals surface area contributed by atoms with Crippen molar-refractivity contribution >= 4 is 29.8 Å². The molecule has 0 aliphatic rings. The van der Waals surface area contributed by atoms with E-state index in [9.17, 15) is 24.0 Å². The second-order valence-corrected chi connectivity index (χ2v) is 10.5. The number of ether oxygens (including phenoxy) is 4. The summed E-state index contributed by atoms with van der Waals surface area (Å²) >= 11 is 0. The molecule has 0 heterocycles. The van der Waals surface area contributed by atoms with Gasteiger partial charge < -0.3 is 23.8 Å². The molecule has 13 heteroatoms. The van der Waals surface area contributed by atoms with Crippen LogP contribution < -0.4 is 26.6 Å². The molecule has 0 radical (unpaired) electrons. The van der Waals surface area contributed by atoms with Crippen LogP contribution in [0.3, 0.4) is 0 Å². The third-order valence-corrected chi connectivity index (χ3v) is 6.15. The minimum Gasteiger partial charge on any atom is -0.444 e. The fourth-order valence-electron chi connectivity index (χ4n) is 3.63. The van der Waals surface area contributed by atoms with Crippen LogP contribution in [-0.2, 0) is 35.1 Å². The lowest BCUT2D eigenvalue weighted by Gasteiger charge is -2.25. The van der Waals surface area contributed by atoms with Crippen LogP contribution in [0, 0.1) is 0 Å². The van der Waals surface area contributed by atoms with Crippen molar-refractivity contribution in [3.8, 4) is 11.5 Å². The number of hydrogen-bond acceptors (Lipinski definition) is 13. The molecule has 0 aliphatic carbocycles. The fourth-order valence-corrected chi connectivity index (χ4v) is 3.63. The number of benzene rings is 3. The highest BCUT2D eigenvalue weighted by Crippen LogP contribution is 2.32. The van der Waals surface area contributed by atoms with Crippen molar-refractivity contribution in [2.45, 2.75) is 51.4 Å². The molecule has 0 aromatic heterocycles. The number of esters is 4. The summed E-state index contributed by atoms with van der Waals surface area (Å²) in [6, 6.07) is 19.1. The van der Waals surface area contributed by atoms with Crippen molar-refractivity contribution in [1.29, 1.82) is 0 Å². The first kappa shape index (κ1) is 33.4. The summed E-state index contributed by atoms with van der Waals surface area (Å²) in [4.78, 5) is 67.8. The summed E-state index contributed by atoms with van der Waals surface area (Å²) < 4.78 is 21.9. The molecule has 13 nitrogen and oxygen atoms in total. The highest BCUT2D eigenvalue weighted by Gasteiger charge is 2.38. The summed E-state index contributed by atoms with van der Waals surface area (Å²) in [6.45, 7) is 5.31. The van der Waals surface area contributed by atoms with E-state index in [1.165, 1.54) is 70.2 Å². The number of rotatable bonds is 12. The van der Waals surface area contributed by atoms with E-state index >= 15 is 0 Å². The van der Waals surface area contributed by atoms with Gasteiger partial charge in [0, 0.05) is 0 Å². The molecule has 0 fully saturated rings. The molecule has 3 rings (SSSR count). The van der Waals surface area contributed by atoms with Crippen LogP contribution in [0.1, 0.15) is 54.0 Å². The first-order valence-corrected chi connectivity index (χ1v) is 13.3. The lowest BCUT2D eigenvalue weighted by molar-refractivity contribution is -0.155. The van der Waals surface area contributed by atoms with Gasteiger partial charge in [0.15, 0.2) is 11.5 Å². The van der Waals surface area contributed by atoms with Gasteiger partial charge in [-0.2, -0.15) is 5.90 Å². The monoisotopic (exact) mass is 607 g/mol. The summed E-state index contributed by atoms with van der Waals surface area (Å²) in [5, 5.41) is 0. The molecule has 0 amide bonds. The highest BCUT2D eigenvalue weighted by molar-refractivity contribution is 5.94. The Morgan fingerprint density at radius 2 is 1.16 bits per heavy atom. The van der Waals surface area contributed by atoms with Crippen LogP contribution in [0.2, 0.25) is 0 Å². The van der Waals surface area contributed by atoms with Crippen molar-refractivity contribution in [1.82, 2.24) is 5.43 Å². The maximum Gasteiger partial charge on any atom is 0.355 e. The standard InChI is InChI=1S/C31H33N3O10/c1-30(2,42-25(35)20-11-7-5-8-12-20)28(38)40-23-16-15-19(17-22(34-32)27(37)44-33)18-24(23)41-29(39)31(3,4)43-26(36)21-13-9-6-10-14-21/h5-16,18,22,34H,17,32-33H2,1-4H3/t22-/m0/s1. The predicted molar refractivity (Wildman–Crippen MR) is 155 cm³/mol. The Labute approximate surface area is 253 Å². The average Bonchev–Trinajstić information content (AvgIpc) is 3.00. The SMILES string of the molecule is CC(C)(OC(=O)c1ccccc1)C(=O)Oc1ccc(C[C@H](NN)C(=O)ON)cc1OC(=O)C(C)(C)OC(=O)c1ccccc1. The molecule has 5 N–H and O–H groups in total. The van der Waals surface area contributed by atoms with Gasteiger partial charge in [0.05, 0.1) is 11.1 Å². The topological polar surface area (TPSA) is 196 Å². The zero-order chi connectivity index (χ0) is 32.5. The first-order chi connectivity index (χ1) is 20.8. The second-order valence-electron chi connectivity index (χ2n) is 10.5. The zero-order valence-electron chi connectivity index (χ0n) is 24.5. The first-order valence-electron chi connectivity index (χ1n) is 13.3. The number of nitrogens with one attached hydrogen (secondary N) is 1. The van der Waals surface area contributed by atoms with Crippen LogP contribution in [0.5, 0.6) is 11.5 Å². The van der Waals surface area contributed by atoms with E-state index in [1.54, 1.807) is 36.4 Å². The molecule has 232 valence electrons. The van der Waals surface area contributed by atoms with Crippen molar-refractivity contribution in [2.24, 2.45) is 11.7 Å². The van der Waals surface area contributed by atoms with Gasteiger partial charge in [-0.1, -0.05) is 42.5 Å². The Hall–Kier alpha value is -5.11. The lowest BCUT2D eigenvalue weighted by Crippen LogP contribution is -2.44. The van der Waals surface area contributed by atoms with E-state index in [-0.39, 0.29) is 29.0 Å². The Kier molecular flexibility index (Phi) is 10.9. The van der Waals surface area contributed by atoms with Crippen molar-refractivity contribution in [2.75, 3.05) is 0 Å². The van der Waals surface area contributed by atoms with Gasteiger partial charge in [0.2, 0.25) is 11.2 Å². The Bertz CT molecular complexity index is 1510. The van der Waals surface area contributed by atoms with Gasteiger partial charge >= 0.3 is 29.8 Å². The third kappa shape index (κ3) is 8.70. The molecule has 0 saturated heterocycles. The maximum absolute atomic E-state index is 13.3. The quantitative estimate of drug-likeness (QED) is 0.118. The van der Waals surface area contributed by atoms with Gasteiger partial charge in [0.25, 0.3) is 0 Å². The van der Waals surface area contributed by atoms with Gasteiger partial charge in [-0.15, -0.1) is 0 Å². The van der Waals surface area contributed by atoms with E-state index in [0.29, 0.717) is 5.56 Å². The zero-order valence-corrected chi connectivity index (χ0v) is 24.5. The van der Waals surface area contributed by atoms with Crippen molar-refractivity contribution < 1.29 is 47.8 Å². The average molecular weight is 608 g/mol. The molecule has 0 saturated carbocycles. The van der Waals surface area contributed by atoms with E-state index in [0.717, 1.165) is 0 Å². The Balaban J connectivity index is 1.87. The lowest BCUT2D eigenvalue weighted by atomic mass is 10.1. The van der Waals surface area contributed by atoms with Crippen molar-refractivity contribution in [3.63, 3.8) is 0 Å². The molecule has 0 spiro atoms. The number of carbonyl (C=O) groups excluding carboxylic acids is 5. The second kappa shape index (κ2) is 14.4. The normalized spacial score (nSPS) is 12.0. The summed E-state index contributed by atoms with van der Waals surface area (Å²) in [7, 11) is 0. The number of hydrogen-bond donors (Lipinski definition) is 3. The van der Waals surface area contributed by atoms with E-state index in [1.807, 2.05) is 0 Å². The number of nitrogens with two attached hydrogens (primary N) is 2. The molecule has 0 unspecified atom stereocenters. The van der Waals surface area contributed by atoms with Gasteiger partial charge in [-0.3, -0.25) is 5.84 Å². The summed E-state index contributed by atoms with van der Waals surface area (Å²) in [6.07, 6.45) is -0.0715. The number of carbonyl (C=O) groups is 5. The Morgan fingerprint density at radius 3 is 1.59 bits per heavy atom. The molecule has 0 aliphatic heterocycles. The third-order valence-electron chi connectivity index (χ3n) is 6.15. The molecule has 44 heavy (non-hydrogen) atoms. The Morgan fingerprint density at radius 1 is 0.705 bits per heavy atom. The molecule has 3 aromatic carbocycles. The molecule has 3 aromatic rings. The van der Waals surface area contributed by atoms with Crippen molar-refractivity contribution in [3.05, 3.63) is 95.6 Å². The van der Waals surface area contributed by atoms with Crippen LogP contribution in [0.25, 0.3) is 0 Å².